The highest BCUT2D eigenvalue weighted by Crippen LogP contribution is 2.40. The molecule has 1 aromatic carbocycles. The van der Waals surface area contributed by atoms with Gasteiger partial charge in [0.25, 0.3) is 0 Å². The maximum absolute atomic E-state index is 12.3. The van der Waals surface area contributed by atoms with Crippen molar-refractivity contribution in [2.24, 2.45) is 0 Å². The van der Waals surface area contributed by atoms with Gasteiger partial charge in [0.1, 0.15) is 12.4 Å². The number of nitrogen functional groups attached to an aromatic ring is 1. The van der Waals surface area contributed by atoms with E-state index in [1.54, 1.807) is 6.92 Å². The van der Waals surface area contributed by atoms with Crippen LogP contribution in [0.3, 0.4) is 0 Å². The van der Waals surface area contributed by atoms with E-state index in [0.29, 0.717) is 12.2 Å². The summed E-state index contributed by atoms with van der Waals surface area (Å²) in [5.74, 6) is -0.0781. The van der Waals surface area contributed by atoms with Crippen molar-refractivity contribution in [2.45, 2.75) is 39.5 Å². The number of rotatable bonds is 5. The molecule has 0 bridgehead atoms. The van der Waals surface area contributed by atoms with Crippen molar-refractivity contribution >= 4 is 17.9 Å². The van der Waals surface area contributed by atoms with Crippen LogP contribution in [0.1, 0.15) is 37.6 Å². The summed E-state index contributed by atoms with van der Waals surface area (Å²) in [5, 5.41) is 4.34. The number of aromatic nitrogens is 2. The Labute approximate surface area is 157 Å². The lowest BCUT2D eigenvalue weighted by Gasteiger charge is -2.30. The second-order valence-electron chi connectivity index (χ2n) is 6.88. The quantitative estimate of drug-likeness (QED) is 0.804. The average molecular weight is 372 g/mol. The van der Waals surface area contributed by atoms with Gasteiger partial charge in [-0.25, -0.2) is 4.79 Å². The Morgan fingerprint density at radius 1 is 1.22 bits per heavy atom. The second-order valence-corrected chi connectivity index (χ2v) is 6.88. The molecule has 8 nitrogen and oxygen atoms in total. The van der Waals surface area contributed by atoms with E-state index in [0.717, 1.165) is 15.8 Å². The lowest BCUT2D eigenvalue weighted by atomic mass is 10.0. The van der Waals surface area contributed by atoms with Crippen molar-refractivity contribution in [2.75, 3.05) is 18.9 Å². The Morgan fingerprint density at radius 3 is 2.56 bits per heavy atom. The zero-order valence-corrected chi connectivity index (χ0v) is 15.8. The number of nitrogens with zero attached hydrogens (tertiary/aromatic N) is 3. The molecule has 2 heterocycles. The zero-order valence-electron chi connectivity index (χ0n) is 15.8. The fourth-order valence-electron chi connectivity index (χ4n) is 3.17. The van der Waals surface area contributed by atoms with Crippen LogP contribution in [-0.2, 0) is 33.0 Å². The molecule has 1 aliphatic rings. The molecule has 1 aromatic heterocycles. The number of benzene rings is 1. The van der Waals surface area contributed by atoms with Crippen LogP contribution in [0.25, 0.3) is 0 Å². The van der Waals surface area contributed by atoms with Crippen molar-refractivity contribution in [1.29, 1.82) is 0 Å². The van der Waals surface area contributed by atoms with Crippen LogP contribution in [0.2, 0.25) is 0 Å². The molecule has 0 atom stereocenters. The molecule has 0 aliphatic carbocycles. The molecule has 27 heavy (non-hydrogen) atoms. The van der Waals surface area contributed by atoms with Gasteiger partial charge in [-0.1, -0.05) is 30.3 Å². The third kappa shape index (κ3) is 3.66. The standard InChI is InChI=1S/C19H24N4O4/c1-4-26-18(25)23-17(20)14-10-22(19(2,3)16(14)21-23)11-15(24)27-12-13-8-6-5-7-9-13/h5-9H,4,10-12,20H2,1-3H3. The molecule has 144 valence electrons. The highest BCUT2D eigenvalue weighted by molar-refractivity contribution is 5.76. The van der Waals surface area contributed by atoms with Gasteiger partial charge in [0.05, 0.1) is 24.4 Å². The maximum Gasteiger partial charge on any atom is 0.436 e. The number of nitrogens with two attached hydrogens (primary N) is 1. The Hall–Kier alpha value is -2.87. The minimum Gasteiger partial charge on any atom is -0.460 e. The normalized spacial score (nSPS) is 15.4. The minimum atomic E-state index is -0.603. The second kappa shape index (κ2) is 7.40. The molecule has 0 unspecified atom stereocenters. The molecule has 0 saturated heterocycles. The number of fused-ring (bicyclic) bond motifs is 1. The molecule has 3 rings (SSSR count). The van der Waals surface area contributed by atoms with E-state index in [-0.39, 0.29) is 31.5 Å². The smallest absolute Gasteiger partial charge is 0.436 e. The van der Waals surface area contributed by atoms with E-state index < -0.39 is 11.6 Å². The lowest BCUT2D eigenvalue weighted by Crippen LogP contribution is -2.40. The monoisotopic (exact) mass is 372 g/mol. The fourth-order valence-corrected chi connectivity index (χ4v) is 3.17. The molecule has 1 aliphatic heterocycles. The molecule has 0 fully saturated rings. The maximum atomic E-state index is 12.3. The van der Waals surface area contributed by atoms with Crippen LogP contribution >= 0.6 is 0 Å². The minimum absolute atomic E-state index is 0.106. The molecule has 2 N–H and O–H groups in total. The first-order chi connectivity index (χ1) is 12.8. The first-order valence-corrected chi connectivity index (χ1v) is 8.84. The lowest BCUT2D eigenvalue weighted by molar-refractivity contribution is -0.147. The van der Waals surface area contributed by atoms with Gasteiger partial charge in [0.2, 0.25) is 0 Å². The van der Waals surface area contributed by atoms with Crippen LogP contribution in [-0.4, -0.2) is 39.9 Å². The largest absolute Gasteiger partial charge is 0.460 e. The molecular formula is C19H24N4O4. The number of carbonyl (C=O) groups excluding carboxylic acids is 2. The molecule has 0 amide bonds. The predicted octanol–water partition coefficient (Wildman–Crippen LogP) is 2.26. The topological polar surface area (TPSA) is 99.7 Å². The van der Waals surface area contributed by atoms with E-state index >= 15 is 0 Å². The third-order valence-corrected chi connectivity index (χ3v) is 4.75. The highest BCUT2D eigenvalue weighted by atomic mass is 16.6. The summed E-state index contributed by atoms with van der Waals surface area (Å²) in [5.41, 5.74) is 7.87. The molecule has 8 heteroatoms. The molecule has 0 saturated carbocycles. The van der Waals surface area contributed by atoms with Crippen LogP contribution in [0, 0.1) is 0 Å². The van der Waals surface area contributed by atoms with Crippen LogP contribution in [0.4, 0.5) is 10.6 Å². The summed E-state index contributed by atoms with van der Waals surface area (Å²) in [6, 6.07) is 9.52. The number of hydrogen-bond acceptors (Lipinski definition) is 7. The van der Waals surface area contributed by atoms with E-state index in [4.69, 9.17) is 15.2 Å². The first-order valence-electron chi connectivity index (χ1n) is 8.84. The van der Waals surface area contributed by atoms with Crippen molar-refractivity contribution in [3.63, 3.8) is 0 Å². The van der Waals surface area contributed by atoms with Gasteiger partial charge in [-0.15, -0.1) is 4.68 Å². The molecule has 2 aromatic rings. The molecule has 0 spiro atoms. The van der Waals surface area contributed by atoms with Crippen LogP contribution in [0.15, 0.2) is 30.3 Å². The van der Waals surface area contributed by atoms with E-state index in [9.17, 15) is 9.59 Å². The highest BCUT2D eigenvalue weighted by Gasteiger charge is 2.43. The van der Waals surface area contributed by atoms with Gasteiger partial charge in [-0.05, 0) is 26.3 Å². The number of ether oxygens (including phenoxy) is 2. The zero-order chi connectivity index (χ0) is 19.6. The number of anilines is 1. The van der Waals surface area contributed by atoms with Crippen molar-refractivity contribution < 1.29 is 19.1 Å². The Balaban J connectivity index is 1.67. The number of carbonyl (C=O) groups is 2. The van der Waals surface area contributed by atoms with Gasteiger partial charge in [0, 0.05) is 12.1 Å². The molecule has 0 radical (unpaired) electrons. The summed E-state index contributed by atoms with van der Waals surface area (Å²) in [6.07, 6.45) is -0.603. The van der Waals surface area contributed by atoms with Gasteiger partial charge >= 0.3 is 12.1 Å². The fraction of sp³-hybridized carbons (Fsp3) is 0.421. The Morgan fingerprint density at radius 2 is 1.93 bits per heavy atom. The number of esters is 1. The predicted molar refractivity (Wildman–Crippen MR) is 98.7 cm³/mol. The van der Waals surface area contributed by atoms with E-state index in [2.05, 4.69) is 5.10 Å². The summed E-state index contributed by atoms with van der Waals surface area (Å²) in [4.78, 5) is 26.2. The number of hydrogen-bond donors (Lipinski definition) is 1. The van der Waals surface area contributed by atoms with Gasteiger partial charge in [-0.2, -0.15) is 5.10 Å². The van der Waals surface area contributed by atoms with Crippen molar-refractivity contribution in [3.8, 4) is 0 Å². The van der Waals surface area contributed by atoms with Gasteiger partial charge in [-0.3, -0.25) is 9.69 Å². The average Bonchev–Trinajstić information content (AvgIpc) is 3.09. The summed E-state index contributed by atoms with van der Waals surface area (Å²) >= 11 is 0. The Kier molecular flexibility index (Phi) is 5.18. The van der Waals surface area contributed by atoms with E-state index in [1.165, 1.54) is 0 Å². The van der Waals surface area contributed by atoms with Gasteiger partial charge in [0.15, 0.2) is 0 Å². The summed E-state index contributed by atoms with van der Waals surface area (Å²) < 4.78 is 11.4. The van der Waals surface area contributed by atoms with Gasteiger partial charge < -0.3 is 15.2 Å². The van der Waals surface area contributed by atoms with Crippen LogP contribution in [0.5, 0.6) is 0 Å². The summed E-state index contributed by atoms with van der Waals surface area (Å²) in [6.45, 7) is 6.58. The SMILES string of the molecule is CCOC(=O)n1nc2c(c1N)CN(CC(=O)OCc1ccccc1)C2(C)C. The summed E-state index contributed by atoms with van der Waals surface area (Å²) in [7, 11) is 0. The third-order valence-electron chi connectivity index (χ3n) is 4.75. The Bertz CT molecular complexity index is 845. The van der Waals surface area contributed by atoms with E-state index in [1.807, 2.05) is 49.1 Å². The van der Waals surface area contributed by atoms with Crippen LogP contribution < -0.4 is 5.73 Å². The molecular weight excluding hydrogens is 348 g/mol. The first kappa shape index (κ1) is 18.9. The van der Waals surface area contributed by atoms with Crippen molar-refractivity contribution in [3.05, 3.63) is 47.2 Å². The van der Waals surface area contributed by atoms with Crippen molar-refractivity contribution in [1.82, 2.24) is 14.7 Å².